The molecule has 3 nitrogen and oxygen atoms in total. The fraction of sp³-hybridized carbons (Fsp3) is 0.417. The maximum Gasteiger partial charge on any atom is 0.258 e. The van der Waals surface area contributed by atoms with Crippen LogP contribution in [0.3, 0.4) is 0 Å². The summed E-state index contributed by atoms with van der Waals surface area (Å²) in [6, 6.07) is 5.04. The van der Waals surface area contributed by atoms with Crippen molar-refractivity contribution >= 4 is 29.1 Å². The Bertz CT molecular complexity index is 413. The van der Waals surface area contributed by atoms with Crippen molar-refractivity contribution < 1.29 is 9.53 Å². The molecule has 1 rings (SSSR count). The number of carbonyl (C=O) groups excluding carboxylic acids is 1. The Labute approximate surface area is 111 Å². The highest BCUT2D eigenvalue weighted by atomic mass is 35.5. The topological polar surface area (TPSA) is 38.3 Å². The van der Waals surface area contributed by atoms with Crippen LogP contribution in [0.1, 0.15) is 20.8 Å². The lowest BCUT2D eigenvalue weighted by Crippen LogP contribution is -2.43. The van der Waals surface area contributed by atoms with E-state index in [1.54, 1.807) is 18.2 Å². The molecule has 0 bridgehead atoms. The van der Waals surface area contributed by atoms with Crippen molar-refractivity contribution in [3.05, 3.63) is 28.2 Å². The molecule has 0 atom stereocenters. The van der Waals surface area contributed by atoms with Gasteiger partial charge in [-0.2, -0.15) is 0 Å². The van der Waals surface area contributed by atoms with Crippen molar-refractivity contribution in [1.29, 1.82) is 0 Å². The Morgan fingerprint density at radius 3 is 2.59 bits per heavy atom. The second kappa shape index (κ2) is 5.61. The van der Waals surface area contributed by atoms with Crippen molar-refractivity contribution in [3.63, 3.8) is 0 Å². The van der Waals surface area contributed by atoms with Crippen molar-refractivity contribution in [2.75, 3.05) is 6.61 Å². The number of halogens is 2. The van der Waals surface area contributed by atoms with Crippen molar-refractivity contribution in [2.45, 2.75) is 26.3 Å². The van der Waals surface area contributed by atoms with Gasteiger partial charge in [-0.25, -0.2) is 0 Å². The Kier molecular flexibility index (Phi) is 4.66. The summed E-state index contributed by atoms with van der Waals surface area (Å²) in [5.74, 6) is 0.205. The van der Waals surface area contributed by atoms with Gasteiger partial charge >= 0.3 is 0 Å². The van der Waals surface area contributed by atoms with Gasteiger partial charge in [0.2, 0.25) is 0 Å². The van der Waals surface area contributed by atoms with E-state index in [1.807, 2.05) is 20.8 Å². The third kappa shape index (κ3) is 4.84. The van der Waals surface area contributed by atoms with Gasteiger partial charge in [-0.15, -0.1) is 0 Å². The van der Waals surface area contributed by atoms with E-state index in [4.69, 9.17) is 27.9 Å². The van der Waals surface area contributed by atoms with Crippen molar-refractivity contribution in [3.8, 4) is 5.75 Å². The third-order valence-electron chi connectivity index (χ3n) is 1.79. The molecule has 0 saturated carbocycles. The Hall–Kier alpha value is -0.930. The first-order valence-corrected chi connectivity index (χ1v) is 5.93. The molecule has 1 N–H and O–H groups in total. The molecule has 1 aromatic rings. The molecule has 1 amide bonds. The molecule has 1 aromatic carbocycles. The molecule has 0 aliphatic carbocycles. The zero-order chi connectivity index (χ0) is 13.1. The Morgan fingerprint density at radius 1 is 1.35 bits per heavy atom. The number of ether oxygens (including phenoxy) is 1. The molecule has 0 heterocycles. The SMILES string of the molecule is CC(C)(C)NC(=O)COc1cccc(Cl)c1Cl. The largest absolute Gasteiger partial charge is 0.482 e. The number of benzene rings is 1. The van der Waals surface area contributed by atoms with Crippen LogP contribution in [-0.2, 0) is 4.79 Å². The van der Waals surface area contributed by atoms with E-state index < -0.39 is 0 Å². The van der Waals surface area contributed by atoms with Gasteiger partial charge in [0.05, 0.1) is 5.02 Å². The van der Waals surface area contributed by atoms with E-state index >= 15 is 0 Å². The molecule has 0 fully saturated rings. The van der Waals surface area contributed by atoms with Gasteiger partial charge in [0.25, 0.3) is 5.91 Å². The number of carbonyl (C=O) groups is 1. The summed E-state index contributed by atoms with van der Waals surface area (Å²) in [5.41, 5.74) is -0.279. The van der Waals surface area contributed by atoms with Gasteiger partial charge < -0.3 is 10.1 Å². The second-order valence-electron chi connectivity index (χ2n) is 4.64. The van der Waals surface area contributed by atoms with Crippen LogP contribution in [0.15, 0.2) is 18.2 Å². The molecule has 0 aromatic heterocycles. The van der Waals surface area contributed by atoms with Crippen LogP contribution >= 0.6 is 23.2 Å². The Balaban J connectivity index is 2.56. The average Bonchev–Trinajstić information content (AvgIpc) is 2.18. The lowest BCUT2D eigenvalue weighted by atomic mass is 10.1. The van der Waals surface area contributed by atoms with Crippen LogP contribution in [0.2, 0.25) is 10.0 Å². The van der Waals surface area contributed by atoms with Gasteiger partial charge in [-0.05, 0) is 32.9 Å². The minimum Gasteiger partial charge on any atom is -0.482 e. The summed E-state index contributed by atoms with van der Waals surface area (Å²) in [5, 5.41) is 3.50. The fourth-order valence-electron chi connectivity index (χ4n) is 1.19. The highest BCUT2D eigenvalue weighted by Gasteiger charge is 2.14. The first kappa shape index (κ1) is 14.1. The predicted molar refractivity (Wildman–Crippen MR) is 69.9 cm³/mol. The number of hydrogen-bond donors (Lipinski definition) is 1. The van der Waals surface area contributed by atoms with Crippen LogP contribution in [0.4, 0.5) is 0 Å². The molecule has 5 heteroatoms. The molecule has 0 saturated heterocycles. The van der Waals surface area contributed by atoms with Crippen LogP contribution in [0.25, 0.3) is 0 Å². The first-order chi connectivity index (χ1) is 7.79. The maximum atomic E-state index is 11.5. The van der Waals surface area contributed by atoms with Crippen LogP contribution < -0.4 is 10.1 Å². The summed E-state index contributed by atoms with van der Waals surface area (Å²) in [4.78, 5) is 11.5. The van der Waals surface area contributed by atoms with Gasteiger partial charge in [-0.3, -0.25) is 4.79 Å². The first-order valence-electron chi connectivity index (χ1n) is 5.17. The standard InChI is InChI=1S/C12H15Cl2NO2/c1-12(2,3)15-10(16)7-17-9-6-4-5-8(13)11(9)14/h4-6H,7H2,1-3H3,(H,15,16). The van der Waals surface area contributed by atoms with Crippen LogP contribution in [0, 0.1) is 0 Å². The summed E-state index contributed by atoms with van der Waals surface area (Å²) in [6.45, 7) is 5.61. The van der Waals surface area contributed by atoms with E-state index in [0.717, 1.165) is 0 Å². The van der Waals surface area contributed by atoms with E-state index in [1.165, 1.54) is 0 Å². The Morgan fingerprint density at radius 2 is 2.00 bits per heavy atom. The lowest BCUT2D eigenvalue weighted by Gasteiger charge is -2.20. The van der Waals surface area contributed by atoms with E-state index in [2.05, 4.69) is 5.32 Å². The number of amides is 1. The highest BCUT2D eigenvalue weighted by molar-refractivity contribution is 6.42. The highest BCUT2D eigenvalue weighted by Crippen LogP contribution is 2.31. The zero-order valence-electron chi connectivity index (χ0n) is 10.0. The number of rotatable bonds is 3. The van der Waals surface area contributed by atoms with Crippen molar-refractivity contribution in [1.82, 2.24) is 5.32 Å². The number of hydrogen-bond acceptors (Lipinski definition) is 2. The van der Waals surface area contributed by atoms with Crippen LogP contribution in [-0.4, -0.2) is 18.1 Å². The zero-order valence-corrected chi connectivity index (χ0v) is 11.5. The third-order valence-corrected chi connectivity index (χ3v) is 2.59. The smallest absolute Gasteiger partial charge is 0.258 e. The van der Waals surface area contributed by atoms with E-state index in [9.17, 15) is 4.79 Å². The molecule has 17 heavy (non-hydrogen) atoms. The monoisotopic (exact) mass is 275 g/mol. The minimum absolute atomic E-state index is 0.0860. The molecule has 0 radical (unpaired) electrons. The number of nitrogens with one attached hydrogen (secondary N) is 1. The van der Waals surface area contributed by atoms with Gasteiger partial charge in [0, 0.05) is 5.54 Å². The normalized spacial score (nSPS) is 11.1. The van der Waals surface area contributed by atoms with E-state index in [0.29, 0.717) is 15.8 Å². The quantitative estimate of drug-likeness (QED) is 0.920. The predicted octanol–water partition coefficient (Wildman–Crippen LogP) is 3.29. The molecule has 0 aliphatic heterocycles. The summed E-state index contributed by atoms with van der Waals surface area (Å²) in [6.07, 6.45) is 0. The molecule has 0 spiro atoms. The average molecular weight is 276 g/mol. The minimum atomic E-state index is -0.279. The molecule has 0 aliphatic rings. The summed E-state index contributed by atoms with van der Waals surface area (Å²) < 4.78 is 5.30. The van der Waals surface area contributed by atoms with Gasteiger partial charge in [0.15, 0.2) is 6.61 Å². The molecular formula is C12H15Cl2NO2. The fourth-order valence-corrected chi connectivity index (χ4v) is 1.54. The van der Waals surface area contributed by atoms with E-state index in [-0.39, 0.29) is 18.1 Å². The van der Waals surface area contributed by atoms with Crippen molar-refractivity contribution in [2.24, 2.45) is 0 Å². The molecular weight excluding hydrogens is 261 g/mol. The second-order valence-corrected chi connectivity index (χ2v) is 5.42. The molecule has 94 valence electrons. The molecule has 0 unspecified atom stereocenters. The van der Waals surface area contributed by atoms with Gasteiger partial charge in [0.1, 0.15) is 10.8 Å². The maximum absolute atomic E-state index is 11.5. The van der Waals surface area contributed by atoms with Gasteiger partial charge in [-0.1, -0.05) is 29.3 Å². The summed E-state index contributed by atoms with van der Waals surface area (Å²) in [7, 11) is 0. The summed E-state index contributed by atoms with van der Waals surface area (Å²) >= 11 is 11.7. The lowest BCUT2D eigenvalue weighted by molar-refractivity contribution is -0.124. The van der Waals surface area contributed by atoms with Crippen LogP contribution in [0.5, 0.6) is 5.75 Å².